The Balaban J connectivity index is 4.58. The van der Waals surface area contributed by atoms with Crippen molar-refractivity contribution in [2.75, 3.05) is 13.2 Å². The molecule has 0 aliphatic carbocycles. The van der Waals surface area contributed by atoms with Crippen molar-refractivity contribution in [2.45, 2.75) is 181 Å². The number of ether oxygens (including phenoxy) is 3. The van der Waals surface area contributed by atoms with E-state index in [1.165, 1.54) is 0 Å². The minimum atomic E-state index is -0.837. The van der Waals surface area contributed by atoms with Crippen molar-refractivity contribution in [3.05, 3.63) is 134 Å². The first-order valence-electron chi connectivity index (χ1n) is 23.7. The Morgan fingerprint density at radius 2 is 0.623 bits per heavy atom. The van der Waals surface area contributed by atoms with Gasteiger partial charge in [0.05, 0.1) is 0 Å². The van der Waals surface area contributed by atoms with E-state index in [1.807, 2.05) is 12.2 Å². The molecular formula is C55H84O6. The molecule has 0 rings (SSSR count). The van der Waals surface area contributed by atoms with Gasteiger partial charge in [-0.15, -0.1) is 0 Å². The minimum absolute atomic E-state index is 0.130. The Morgan fingerprint density at radius 1 is 0.328 bits per heavy atom. The summed E-state index contributed by atoms with van der Waals surface area (Å²) in [6, 6.07) is 0. The lowest BCUT2D eigenvalue weighted by atomic mass is 10.1. The van der Waals surface area contributed by atoms with Gasteiger partial charge in [-0.3, -0.25) is 14.4 Å². The van der Waals surface area contributed by atoms with E-state index < -0.39 is 6.10 Å². The number of carbonyl (C=O) groups excluding carboxylic acids is 3. The van der Waals surface area contributed by atoms with Gasteiger partial charge in [0.15, 0.2) is 6.10 Å². The number of esters is 3. The van der Waals surface area contributed by atoms with E-state index in [0.29, 0.717) is 19.3 Å². The highest BCUT2D eigenvalue weighted by Crippen LogP contribution is 2.11. The zero-order valence-electron chi connectivity index (χ0n) is 38.6. The van der Waals surface area contributed by atoms with Gasteiger partial charge in [-0.2, -0.15) is 0 Å². The van der Waals surface area contributed by atoms with Crippen LogP contribution >= 0.6 is 0 Å². The first kappa shape index (κ1) is 56.5. The number of hydrogen-bond acceptors (Lipinski definition) is 6. The third kappa shape index (κ3) is 46.5. The van der Waals surface area contributed by atoms with E-state index in [1.54, 1.807) is 0 Å². The summed E-state index contributed by atoms with van der Waals surface area (Å²) in [6.07, 6.45) is 67.4. The molecule has 0 radical (unpaired) electrons. The maximum Gasteiger partial charge on any atom is 0.306 e. The fourth-order valence-corrected chi connectivity index (χ4v) is 5.69. The van der Waals surface area contributed by atoms with Crippen LogP contribution in [0.15, 0.2) is 134 Å². The molecule has 6 heteroatoms. The molecule has 1 unspecified atom stereocenters. The van der Waals surface area contributed by atoms with Gasteiger partial charge < -0.3 is 14.2 Å². The average Bonchev–Trinajstić information content (AvgIpc) is 3.26. The van der Waals surface area contributed by atoms with Crippen LogP contribution in [0, 0.1) is 0 Å². The molecule has 0 aromatic carbocycles. The molecule has 0 N–H and O–H groups in total. The number of rotatable bonds is 40. The maximum atomic E-state index is 12.7. The predicted molar refractivity (Wildman–Crippen MR) is 260 cm³/mol. The van der Waals surface area contributed by atoms with Gasteiger partial charge in [-0.1, -0.05) is 174 Å². The lowest BCUT2D eigenvalue weighted by Gasteiger charge is -2.18. The Bertz CT molecular complexity index is 1380. The fraction of sp³-hybridized carbons (Fsp3) is 0.545. The molecule has 6 nitrogen and oxygen atoms in total. The molecule has 0 bridgehead atoms. The van der Waals surface area contributed by atoms with Gasteiger partial charge in [0.1, 0.15) is 13.2 Å². The summed E-state index contributed by atoms with van der Waals surface area (Å²) in [5.74, 6) is -1.09. The van der Waals surface area contributed by atoms with Gasteiger partial charge in [-0.05, 0) is 116 Å². The van der Waals surface area contributed by atoms with Gasteiger partial charge >= 0.3 is 17.9 Å². The van der Waals surface area contributed by atoms with Crippen molar-refractivity contribution >= 4 is 17.9 Å². The molecular weight excluding hydrogens is 757 g/mol. The molecule has 0 heterocycles. The van der Waals surface area contributed by atoms with E-state index in [0.717, 1.165) is 122 Å². The van der Waals surface area contributed by atoms with Crippen molar-refractivity contribution in [1.82, 2.24) is 0 Å². The van der Waals surface area contributed by atoms with Gasteiger partial charge in [0.2, 0.25) is 0 Å². The molecule has 0 aromatic heterocycles. The first-order chi connectivity index (χ1) is 30.0. The average molecular weight is 841 g/mol. The Hall–Kier alpha value is -4.45. The lowest BCUT2D eigenvalue weighted by molar-refractivity contribution is -0.166. The maximum absolute atomic E-state index is 12.7. The van der Waals surface area contributed by atoms with E-state index >= 15 is 0 Å². The summed E-state index contributed by atoms with van der Waals surface area (Å²) < 4.78 is 16.6. The van der Waals surface area contributed by atoms with Crippen LogP contribution < -0.4 is 0 Å². The van der Waals surface area contributed by atoms with Crippen molar-refractivity contribution in [1.29, 1.82) is 0 Å². The van der Waals surface area contributed by atoms with Crippen LogP contribution in [0.4, 0.5) is 0 Å². The number of unbranched alkanes of at least 4 members (excludes halogenated alkanes) is 7. The molecule has 61 heavy (non-hydrogen) atoms. The lowest BCUT2D eigenvalue weighted by Crippen LogP contribution is -2.30. The zero-order chi connectivity index (χ0) is 44.4. The molecule has 0 aliphatic heterocycles. The number of allylic oxidation sites excluding steroid dienone is 22. The summed E-state index contributed by atoms with van der Waals surface area (Å²) in [5.41, 5.74) is 0. The second-order valence-electron chi connectivity index (χ2n) is 14.9. The third-order valence-electron chi connectivity index (χ3n) is 9.14. The minimum Gasteiger partial charge on any atom is -0.462 e. The van der Waals surface area contributed by atoms with Crippen molar-refractivity contribution < 1.29 is 28.6 Å². The summed E-state index contributed by atoms with van der Waals surface area (Å²) in [7, 11) is 0. The summed E-state index contributed by atoms with van der Waals surface area (Å²) in [5, 5.41) is 0. The molecule has 0 saturated carbocycles. The normalized spacial score (nSPS) is 13.3. The van der Waals surface area contributed by atoms with E-state index in [-0.39, 0.29) is 44.0 Å². The molecule has 0 saturated heterocycles. The Morgan fingerprint density at radius 3 is 1.05 bits per heavy atom. The van der Waals surface area contributed by atoms with Crippen molar-refractivity contribution in [3.63, 3.8) is 0 Å². The van der Waals surface area contributed by atoms with Crippen LogP contribution in [0.3, 0.4) is 0 Å². The second kappa shape index (κ2) is 48.2. The van der Waals surface area contributed by atoms with Crippen LogP contribution in [0.1, 0.15) is 175 Å². The summed E-state index contributed by atoms with van der Waals surface area (Å²) in [4.78, 5) is 37.8. The van der Waals surface area contributed by atoms with Crippen LogP contribution in [-0.2, 0) is 28.6 Å². The smallest absolute Gasteiger partial charge is 0.306 e. The Kier molecular flexibility index (Phi) is 44.7. The SMILES string of the molecule is CC/C=C\C/C=C\C/C=C\C/C=C\C/C=C\C/C=C\CCC(=O)OCC(COC(=O)CCCCCCC/C=C\C/C=C\CC)OC(=O)CCCC/C=C\C/C=C\C/C=C\CC. The van der Waals surface area contributed by atoms with E-state index in [2.05, 4.69) is 142 Å². The molecule has 0 amide bonds. The molecule has 0 spiro atoms. The third-order valence-corrected chi connectivity index (χ3v) is 9.14. The summed E-state index contributed by atoms with van der Waals surface area (Å²) in [6.45, 7) is 6.14. The van der Waals surface area contributed by atoms with Crippen LogP contribution in [0.5, 0.6) is 0 Å². The van der Waals surface area contributed by atoms with Crippen LogP contribution in [0.25, 0.3) is 0 Å². The standard InChI is InChI=1S/C55H84O6/c1-4-7-10-13-16-19-22-25-26-27-28-29-30-31-34-36-39-42-45-48-54(57)60-51-52(61-55(58)49-46-43-40-37-33-24-21-18-15-12-9-6-3)50-59-53(56)47-44-41-38-35-32-23-20-17-14-11-8-5-2/h7-12,16-21,25-26,28-29,31,33-34,37,39,42,52H,4-6,13-15,22-24,27,30,32,35-36,38,40-41,43-51H2,1-3H3/b10-7-,11-8-,12-9-,19-16-,20-17-,21-18-,26-25-,29-28-,34-31-,37-33-,42-39-. The largest absolute Gasteiger partial charge is 0.462 e. The van der Waals surface area contributed by atoms with Crippen molar-refractivity contribution in [2.24, 2.45) is 0 Å². The second-order valence-corrected chi connectivity index (χ2v) is 14.9. The molecule has 0 aromatic rings. The van der Waals surface area contributed by atoms with Crippen LogP contribution in [-0.4, -0.2) is 37.2 Å². The topological polar surface area (TPSA) is 78.9 Å². The first-order valence-corrected chi connectivity index (χ1v) is 23.7. The van der Waals surface area contributed by atoms with E-state index in [4.69, 9.17) is 14.2 Å². The van der Waals surface area contributed by atoms with Crippen LogP contribution in [0.2, 0.25) is 0 Å². The van der Waals surface area contributed by atoms with Gasteiger partial charge in [0, 0.05) is 19.3 Å². The highest BCUT2D eigenvalue weighted by atomic mass is 16.6. The highest BCUT2D eigenvalue weighted by Gasteiger charge is 2.19. The zero-order valence-corrected chi connectivity index (χ0v) is 38.6. The van der Waals surface area contributed by atoms with E-state index in [9.17, 15) is 14.4 Å². The van der Waals surface area contributed by atoms with Crippen molar-refractivity contribution in [3.8, 4) is 0 Å². The monoisotopic (exact) mass is 841 g/mol. The van der Waals surface area contributed by atoms with Gasteiger partial charge in [-0.25, -0.2) is 0 Å². The van der Waals surface area contributed by atoms with Gasteiger partial charge in [0.25, 0.3) is 0 Å². The Labute approximate surface area is 373 Å². The summed E-state index contributed by atoms with van der Waals surface area (Å²) >= 11 is 0. The molecule has 0 aliphatic rings. The highest BCUT2D eigenvalue weighted by molar-refractivity contribution is 5.71. The number of carbonyl (C=O) groups is 3. The predicted octanol–water partition coefficient (Wildman–Crippen LogP) is 15.5. The fourth-order valence-electron chi connectivity index (χ4n) is 5.69. The number of hydrogen-bond donors (Lipinski definition) is 0. The molecule has 0 fully saturated rings. The molecule has 1 atom stereocenters. The quantitative estimate of drug-likeness (QED) is 0.0265. The molecule has 340 valence electrons.